The third-order valence-electron chi connectivity index (χ3n) is 4.20. The largest absolute Gasteiger partial charge is 0.310 e. The Hall–Kier alpha value is -1.72. The molecular weight excluding hydrogens is 262 g/mol. The third-order valence-corrected chi connectivity index (χ3v) is 4.20. The molecule has 5 heteroatoms. The molecule has 112 valence electrons. The Morgan fingerprint density at radius 3 is 2.81 bits per heavy atom. The van der Waals surface area contributed by atoms with E-state index in [1.807, 2.05) is 29.2 Å². The molecule has 0 bridgehead atoms. The predicted octanol–water partition coefficient (Wildman–Crippen LogP) is 1.84. The topological polar surface area (TPSA) is 46.0 Å². The van der Waals surface area contributed by atoms with Gasteiger partial charge in [0, 0.05) is 36.7 Å². The summed E-state index contributed by atoms with van der Waals surface area (Å²) >= 11 is 0. The molecule has 3 heterocycles. The zero-order chi connectivity index (χ0) is 14.5. The number of nitrogens with one attached hydrogen (secondary N) is 1. The first-order valence-corrected chi connectivity index (χ1v) is 7.76. The zero-order valence-corrected chi connectivity index (χ0v) is 12.6. The molecule has 1 saturated heterocycles. The van der Waals surface area contributed by atoms with Crippen LogP contribution in [0.1, 0.15) is 25.3 Å². The Balaban J connectivity index is 1.61. The van der Waals surface area contributed by atoms with Crippen LogP contribution in [-0.2, 0) is 6.54 Å². The van der Waals surface area contributed by atoms with Gasteiger partial charge in [-0.3, -0.25) is 0 Å². The van der Waals surface area contributed by atoms with Crippen LogP contribution in [0, 0.1) is 0 Å². The maximum atomic E-state index is 4.46. The Morgan fingerprint density at radius 2 is 2.10 bits per heavy atom. The third kappa shape index (κ3) is 3.49. The highest BCUT2D eigenvalue weighted by Crippen LogP contribution is 2.13. The second-order valence-corrected chi connectivity index (χ2v) is 5.53. The van der Waals surface area contributed by atoms with Gasteiger partial charge in [0.2, 0.25) is 0 Å². The van der Waals surface area contributed by atoms with E-state index in [4.69, 9.17) is 0 Å². The number of hydrogen-bond acceptors (Lipinski definition) is 4. The van der Waals surface area contributed by atoms with E-state index < -0.39 is 0 Å². The minimum absolute atomic E-state index is 0.610. The SMILES string of the molecule is CCN1CCC(NCc2cccnc2-n2cccn2)CC1. The van der Waals surface area contributed by atoms with Crippen LogP contribution in [0.2, 0.25) is 0 Å². The van der Waals surface area contributed by atoms with E-state index in [1.165, 1.54) is 38.0 Å². The van der Waals surface area contributed by atoms with Gasteiger partial charge in [0.1, 0.15) is 0 Å². The summed E-state index contributed by atoms with van der Waals surface area (Å²) in [6, 6.07) is 6.65. The van der Waals surface area contributed by atoms with Crippen molar-refractivity contribution >= 4 is 0 Å². The standard InChI is InChI=1S/C16H23N5/c1-2-20-11-6-15(7-12-20)18-13-14-5-3-8-17-16(14)21-10-4-9-19-21/h3-5,8-10,15,18H,2,6-7,11-13H2,1H3. The monoisotopic (exact) mass is 285 g/mol. The van der Waals surface area contributed by atoms with Gasteiger partial charge >= 0.3 is 0 Å². The number of likely N-dealkylation sites (tertiary alicyclic amines) is 1. The molecule has 21 heavy (non-hydrogen) atoms. The molecule has 0 aliphatic carbocycles. The van der Waals surface area contributed by atoms with Gasteiger partial charge in [-0.1, -0.05) is 13.0 Å². The van der Waals surface area contributed by atoms with Crippen LogP contribution in [-0.4, -0.2) is 45.3 Å². The van der Waals surface area contributed by atoms with Gasteiger partial charge < -0.3 is 10.2 Å². The summed E-state index contributed by atoms with van der Waals surface area (Å²) in [7, 11) is 0. The quantitative estimate of drug-likeness (QED) is 0.910. The van der Waals surface area contributed by atoms with Crippen LogP contribution in [0.5, 0.6) is 0 Å². The number of piperidine rings is 1. The minimum Gasteiger partial charge on any atom is -0.310 e. The second kappa shape index (κ2) is 6.83. The predicted molar refractivity (Wildman–Crippen MR) is 83.3 cm³/mol. The van der Waals surface area contributed by atoms with Crippen molar-refractivity contribution in [1.29, 1.82) is 0 Å². The normalized spacial score (nSPS) is 17.2. The summed E-state index contributed by atoms with van der Waals surface area (Å²) < 4.78 is 1.83. The molecule has 0 saturated carbocycles. The molecule has 5 nitrogen and oxygen atoms in total. The van der Waals surface area contributed by atoms with E-state index in [9.17, 15) is 0 Å². The molecule has 2 aromatic heterocycles. The fourth-order valence-corrected chi connectivity index (χ4v) is 2.88. The van der Waals surface area contributed by atoms with Crippen LogP contribution >= 0.6 is 0 Å². The van der Waals surface area contributed by atoms with Crippen molar-refractivity contribution in [3.63, 3.8) is 0 Å². The number of rotatable bonds is 5. The van der Waals surface area contributed by atoms with Crippen LogP contribution in [0.3, 0.4) is 0 Å². The molecule has 1 fully saturated rings. The first-order valence-electron chi connectivity index (χ1n) is 7.76. The minimum atomic E-state index is 0.610. The van der Waals surface area contributed by atoms with Crippen molar-refractivity contribution in [3.8, 4) is 5.82 Å². The van der Waals surface area contributed by atoms with Crippen molar-refractivity contribution in [3.05, 3.63) is 42.4 Å². The lowest BCUT2D eigenvalue weighted by molar-refractivity contribution is 0.206. The van der Waals surface area contributed by atoms with Crippen molar-refractivity contribution in [1.82, 2.24) is 25.0 Å². The summed E-state index contributed by atoms with van der Waals surface area (Å²) in [6.45, 7) is 6.65. The molecule has 0 atom stereocenters. The van der Waals surface area contributed by atoms with Crippen molar-refractivity contribution in [2.45, 2.75) is 32.4 Å². The van der Waals surface area contributed by atoms with Gasteiger partial charge in [0.25, 0.3) is 0 Å². The van der Waals surface area contributed by atoms with Gasteiger partial charge in [-0.05, 0) is 44.6 Å². The van der Waals surface area contributed by atoms with E-state index >= 15 is 0 Å². The average Bonchev–Trinajstić information content (AvgIpc) is 3.08. The molecule has 0 unspecified atom stereocenters. The van der Waals surface area contributed by atoms with Crippen molar-refractivity contribution in [2.24, 2.45) is 0 Å². The van der Waals surface area contributed by atoms with Gasteiger partial charge in [-0.15, -0.1) is 0 Å². The maximum Gasteiger partial charge on any atom is 0.157 e. The first kappa shape index (κ1) is 14.2. The van der Waals surface area contributed by atoms with Crippen molar-refractivity contribution < 1.29 is 0 Å². The maximum absolute atomic E-state index is 4.46. The molecule has 2 aromatic rings. The molecule has 1 aliphatic rings. The highest BCUT2D eigenvalue weighted by Gasteiger charge is 2.17. The number of nitrogens with zero attached hydrogens (tertiary/aromatic N) is 4. The Kier molecular flexibility index (Phi) is 4.62. The average molecular weight is 285 g/mol. The summed E-state index contributed by atoms with van der Waals surface area (Å²) in [5.41, 5.74) is 1.19. The van der Waals surface area contributed by atoms with E-state index in [-0.39, 0.29) is 0 Å². The smallest absolute Gasteiger partial charge is 0.157 e. The molecular formula is C16H23N5. The Morgan fingerprint density at radius 1 is 1.24 bits per heavy atom. The van der Waals surface area contributed by atoms with E-state index in [1.54, 1.807) is 6.20 Å². The zero-order valence-electron chi connectivity index (χ0n) is 12.6. The van der Waals surface area contributed by atoms with E-state index in [2.05, 4.69) is 33.3 Å². The highest BCUT2D eigenvalue weighted by atomic mass is 15.3. The molecule has 0 aromatic carbocycles. The number of aromatic nitrogens is 3. The summed E-state index contributed by atoms with van der Waals surface area (Å²) in [4.78, 5) is 6.97. The highest BCUT2D eigenvalue weighted by molar-refractivity contribution is 5.32. The molecule has 1 aliphatic heterocycles. The second-order valence-electron chi connectivity index (χ2n) is 5.53. The number of hydrogen-bond donors (Lipinski definition) is 1. The van der Waals surface area contributed by atoms with Crippen LogP contribution in [0.25, 0.3) is 5.82 Å². The molecule has 0 amide bonds. The van der Waals surface area contributed by atoms with Crippen molar-refractivity contribution in [2.75, 3.05) is 19.6 Å². The molecule has 0 radical (unpaired) electrons. The fourth-order valence-electron chi connectivity index (χ4n) is 2.88. The lowest BCUT2D eigenvalue weighted by Gasteiger charge is -2.31. The summed E-state index contributed by atoms with van der Waals surface area (Å²) in [6.07, 6.45) is 7.99. The van der Waals surface area contributed by atoms with Gasteiger partial charge in [-0.2, -0.15) is 5.10 Å². The first-order chi connectivity index (χ1) is 10.4. The van der Waals surface area contributed by atoms with Gasteiger partial charge in [-0.25, -0.2) is 9.67 Å². The molecule has 1 N–H and O–H groups in total. The van der Waals surface area contributed by atoms with Crippen LogP contribution in [0.15, 0.2) is 36.8 Å². The van der Waals surface area contributed by atoms with Gasteiger partial charge in [0.15, 0.2) is 5.82 Å². The lowest BCUT2D eigenvalue weighted by atomic mass is 10.0. The Labute approximate surface area is 126 Å². The number of pyridine rings is 1. The molecule has 3 rings (SSSR count). The summed E-state index contributed by atoms with van der Waals surface area (Å²) in [5, 5.41) is 7.96. The Bertz CT molecular complexity index is 544. The van der Waals surface area contributed by atoms with Crippen LogP contribution < -0.4 is 5.32 Å². The fraction of sp³-hybridized carbons (Fsp3) is 0.500. The summed E-state index contributed by atoms with van der Waals surface area (Å²) in [5.74, 6) is 0.918. The lowest BCUT2D eigenvalue weighted by Crippen LogP contribution is -2.42. The van der Waals surface area contributed by atoms with E-state index in [0.717, 1.165) is 12.4 Å². The van der Waals surface area contributed by atoms with E-state index in [0.29, 0.717) is 6.04 Å². The van der Waals surface area contributed by atoms with Gasteiger partial charge in [0.05, 0.1) is 0 Å². The molecule has 0 spiro atoms. The van der Waals surface area contributed by atoms with Crippen LogP contribution in [0.4, 0.5) is 0 Å².